The van der Waals surface area contributed by atoms with Crippen molar-refractivity contribution >= 4 is 12.8 Å². The van der Waals surface area contributed by atoms with Crippen molar-refractivity contribution in [3.8, 4) is 11.5 Å². The number of amides is 2. The van der Waals surface area contributed by atoms with Crippen LogP contribution >= 0.6 is 0 Å². The number of rotatable bonds is 14. The van der Waals surface area contributed by atoms with Gasteiger partial charge in [0.1, 0.15) is 11.5 Å². The van der Waals surface area contributed by atoms with Gasteiger partial charge in [-0.15, -0.1) is 0 Å². The number of para-hydroxylation sites is 1. The van der Waals surface area contributed by atoms with Gasteiger partial charge in [0, 0.05) is 25.2 Å². The Morgan fingerprint density at radius 3 is 2.27 bits per heavy atom. The summed E-state index contributed by atoms with van der Waals surface area (Å²) in [5.74, 6) is 2.67. The van der Waals surface area contributed by atoms with Crippen LogP contribution < -0.4 is 14.8 Å². The Balaban J connectivity index is 0.000000681. The van der Waals surface area contributed by atoms with Crippen LogP contribution in [0.3, 0.4) is 0 Å². The number of carbonyl (C=O) groups excluding carboxylic acids is 2. The summed E-state index contributed by atoms with van der Waals surface area (Å²) in [6.07, 6.45) is 11.7. The third-order valence-corrected chi connectivity index (χ3v) is 8.92. The Morgan fingerprint density at radius 2 is 1.71 bits per heavy atom. The molecule has 0 bridgehead atoms. The largest absolute Gasteiger partial charge is 0.497 e. The van der Waals surface area contributed by atoms with Crippen LogP contribution in [0.15, 0.2) is 48.5 Å². The number of piperidine rings is 1. The molecule has 1 N–H and O–H groups in total. The van der Waals surface area contributed by atoms with Crippen LogP contribution in [0.25, 0.3) is 0 Å². The highest BCUT2D eigenvalue weighted by atomic mass is 16.5. The Labute approximate surface area is 247 Å². The monoisotopic (exact) mass is 565 g/mol. The quantitative estimate of drug-likeness (QED) is 0.275. The third kappa shape index (κ3) is 10.7. The minimum absolute atomic E-state index is 0.0731. The van der Waals surface area contributed by atoms with Crippen LogP contribution in [-0.2, 0) is 16.1 Å². The van der Waals surface area contributed by atoms with Crippen molar-refractivity contribution in [1.82, 2.24) is 15.1 Å². The van der Waals surface area contributed by atoms with Crippen LogP contribution in [0, 0.1) is 11.3 Å². The van der Waals surface area contributed by atoms with Crippen molar-refractivity contribution in [3.05, 3.63) is 59.7 Å². The van der Waals surface area contributed by atoms with Gasteiger partial charge in [-0.2, -0.15) is 0 Å². The number of nitrogens with zero attached hydrogens (tertiary/aromatic N) is 2. The zero-order chi connectivity index (χ0) is 29.5. The van der Waals surface area contributed by atoms with E-state index in [4.69, 9.17) is 9.47 Å². The zero-order valence-electron chi connectivity index (χ0n) is 25.6. The van der Waals surface area contributed by atoms with Crippen LogP contribution in [0.5, 0.6) is 11.5 Å². The molecule has 2 aliphatic rings. The Bertz CT molecular complexity index is 1030. The predicted molar refractivity (Wildman–Crippen MR) is 165 cm³/mol. The molecule has 1 aliphatic carbocycles. The molecule has 1 heterocycles. The molecule has 2 fully saturated rings. The van der Waals surface area contributed by atoms with E-state index < -0.39 is 0 Å². The van der Waals surface area contributed by atoms with E-state index in [1.807, 2.05) is 53.4 Å². The van der Waals surface area contributed by atoms with E-state index in [-0.39, 0.29) is 11.5 Å². The molecule has 1 saturated heterocycles. The van der Waals surface area contributed by atoms with E-state index in [1.165, 1.54) is 25.7 Å². The smallest absolute Gasteiger partial charge is 0.210 e. The minimum atomic E-state index is -0.0731. The molecule has 0 spiro atoms. The molecular weight excluding hydrogens is 514 g/mol. The average molecular weight is 566 g/mol. The number of carbonyl (C=O) groups is 2. The SMILES string of the molecule is CC1CCCC1.COc1ccc(CN(C=O)CCC2(C)CCN(CCC(NC=O)c3ccccc3OC)CC2)cc1. The number of hydrogen-bond donors (Lipinski definition) is 1. The van der Waals surface area contributed by atoms with Crippen molar-refractivity contribution in [2.24, 2.45) is 11.3 Å². The van der Waals surface area contributed by atoms with E-state index in [2.05, 4.69) is 24.1 Å². The average Bonchev–Trinajstić information content (AvgIpc) is 3.49. The van der Waals surface area contributed by atoms with E-state index in [0.29, 0.717) is 6.54 Å². The zero-order valence-corrected chi connectivity index (χ0v) is 25.6. The normalized spacial score (nSPS) is 17.6. The van der Waals surface area contributed by atoms with Crippen molar-refractivity contribution in [3.63, 3.8) is 0 Å². The maximum Gasteiger partial charge on any atom is 0.210 e. The first-order valence-electron chi connectivity index (χ1n) is 15.3. The Hall–Kier alpha value is -3.06. The standard InChI is InChI=1S/C28H39N3O4.C6H12/c1-28(15-19-31(22-33)20-23-8-10-24(34-2)11-9-23)13-17-30(18-14-28)16-12-26(29-21-32)25-6-4-5-7-27(25)35-3;1-6-4-2-3-5-6/h4-11,21-22,26H,12-20H2,1-3H3,(H,29,32);6H,2-5H2,1H3. The highest BCUT2D eigenvalue weighted by Gasteiger charge is 2.30. The van der Waals surface area contributed by atoms with Crippen molar-refractivity contribution in [1.29, 1.82) is 0 Å². The Kier molecular flexibility index (Phi) is 13.5. The summed E-state index contributed by atoms with van der Waals surface area (Å²) >= 11 is 0. The summed E-state index contributed by atoms with van der Waals surface area (Å²) in [7, 11) is 3.31. The van der Waals surface area contributed by atoms with Crippen molar-refractivity contribution in [2.75, 3.05) is 40.4 Å². The number of benzene rings is 2. The van der Waals surface area contributed by atoms with Gasteiger partial charge in [0.15, 0.2) is 0 Å². The summed E-state index contributed by atoms with van der Waals surface area (Å²) < 4.78 is 10.7. The lowest BCUT2D eigenvalue weighted by atomic mass is 9.77. The van der Waals surface area contributed by atoms with Gasteiger partial charge in [0.25, 0.3) is 0 Å². The molecule has 1 aliphatic heterocycles. The fraction of sp³-hybridized carbons (Fsp3) is 0.588. The molecule has 0 radical (unpaired) electrons. The lowest BCUT2D eigenvalue weighted by Crippen LogP contribution is -2.41. The van der Waals surface area contributed by atoms with E-state index in [0.717, 1.165) is 93.2 Å². The molecule has 1 unspecified atom stereocenters. The summed E-state index contributed by atoms with van der Waals surface area (Å²) in [4.78, 5) is 27.2. The number of ether oxygens (including phenoxy) is 2. The van der Waals surface area contributed by atoms with Gasteiger partial charge in [-0.25, -0.2) is 0 Å². The van der Waals surface area contributed by atoms with E-state index in [9.17, 15) is 9.59 Å². The second-order valence-corrected chi connectivity index (χ2v) is 12.1. The van der Waals surface area contributed by atoms with Gasteiger partial charge in [0.05, 0.1) is 20.3 Å². The number of likely N-dealkylation sites (tertiary alicyclic amines) is 1. The van der Waals surface area contributed by atoms with Crippen molar-refractivity contribution < 1.29 is 19.1 Å². The van der Waals surface area contributed by atoms with Gasteiger partial charge >= 0.3 is 0 Å². The summed E-state index contributed by atoms with van der Waals surface area (Å²) in [5, 5.41) is 2.96. The van der Waals surface area contributed by atoms with Gasteiger partial charge in [-0.1, -0.05) is 69.9 Å². The summed E-state index contributed by atoms with van der Waals surface area (Å²) in [6.45, 7) is 9.01. The second-order valence-electron chi connectivity index (χ2n) is 12.1. The topological polar surface area (TPSA) is 71.1 Å². The fourth-order valence-electron chi connectivity index (χ4n) is 5.92. The lowest BCUT2D eigenvalue weighted by Gasteiger charge is -2.40. The number of hydrogen-bond acceptors (Lipinski definition) is 5. The van der Waals surface area contributed by atoms with Gasteiger partial charge in [-0.05, 0) is 73.9 Å². The minimum Gasteiger partial charge on any atom is -0.497 e. The molecule has 226 valence electrons. The lowest BCUT2D eigenvalue weighted by molar-refractivity contribution is -0.119. The molecular formula is C34H51N3O4. The fourth-order valence-corrected chi connectivity index (χ4v) is 5.92. The molecule has 1 saturated carbocycles. The van der Waals surface area contributed by atoms with Crippen LogP contribution in [-0.4, -0.2) is 63.0 Å². The Morgan fingerprint density at radius 1 is 1.02 bits per heavy atom. The number of methoxy groups -OCH3 is 2. The van der Waals surface area contributed by atoms with Crippen LogP contribution in [0.4, 0.5) is 0 Å². The highest BCUT2D eigenvalue weighted by Crippen LogP contribution is 2.35. The molecule has 41 heavy (non-hydrogen) atoms. The molecule has 2 amide bonds. The third-order valence-electron chi connectivity index (χ3n) is 8.92. The molecule has 4 rings (SSSR count). The summed E-state index contributed by atoms with van der Waals surface area (Å²) in [5.41, 5.74) is 2.34. The molecule has 2 aromatic rings. The van der Waals surface area contributed by atoms with E-state index >= 15 is 0 Å². The summed E-state index contributed by atoms with van der Waals surface area (Å²) in [6, 6.07) is 15.7. The second kappa shape index (κ2) is 17.0. The van der Waals surface area contributed by atoms with Gasteiger partial charge in [-0.3, -0.25) is 9.59 Å². The first-order valence-corrected chi connectivity index (χ1v) is 15.3. The van der Waals surface area contributed by atoms with Crippen LogP contribution in [0.1, 0.15) is 82.4 Å². The highest BCUT2D eigenvalue weighted by molar-refractivity contribution is 5.49. The first-order chi connectivity index (χ1) is 19.9. The molecule has 1 atom stereocenters. The molecule has 7 heteroatoms. The molecule has 7 nitrogen and oxygen atoms in total. The van der Waals surface area contributed by atoms with Gasteiger partial charge in [0.2, 0.25) is 12.8 Å². The maximum atomic E-state index is 11.7. The first kappa shape index (κ1) is 32.5. The number of nitrogens with one attached hydrogen (secondary N) is 1. The maximum absolute atomic E-state index is 11.7. The molecule has 2 aromatic carbocycles. The van der Waals surface area contributed by atoms with Crippen LogP contribution in [0.2, 0.25) is 0 Å². The van der Waals surface area contributed by atoms with E-state index in [1.54, 1.807) is 14.2 Å². The molecule has 0 aromatic heterocycles. The van der Waals surface area contributed by atoms with Crippen molar-refractivity contribution in [2.45, 2.75) is 77.8 Å². The predicted octanol–water partition coefficient (Wildman–Crippen LogP) is 6.23. The van der Waals surface area contributed by atoms with Gasteiger partial charge < -0.3 is 24.6 Å².